The lowest BCUT2D eigenvalue weighted by Gasteiger charge is -2.08. The largest absolute Gasteiger partial charge is 0.373 e. The highest BCUT2D eigenvalue weighted by molar-refractivity contribution is 7.91. The van der Waals surface area contributed by atoms with Gasteiger partial charge in [0, 0.05) is 13.1 Å². The molecule has 0 radical (unpaired) electrons. The number of hydrogen-bond donors (Lipinski definition) is 3. The fourth-order valence-corrected chi connectivity index (χ4v) is 4.07. The quantitative estimate of drug-likeness (QED) is 0.749. The molecule has 1 aliphatic heterocycles. The Morgan fingerprint density at radius 2 is 2.25 bits per heavy atom. The van der Waals surface area contributed by atoms with Gasteiger partial charge in [0.1, 0.15) is 11.6 Å². The Kier molecular flexibility index (Phi) is 3.35. The second kappa shape index (κ2) is 5.02. The van der Waals surface area contributed by atoms with E-state index >= 15 is 0 Å². The molecular weight excluding hydrogens is 278 g/mol. The molecule has 3 heterocycles. The maximum Gasteiger partial charge on any atom is 0.179 e. The van der Waals surface area contributed by atoms with Crippen LogP contribution in [0.3, 0.4) is 0 Å². The van der Waals surface area contributed by atoms with Gasteiger partial charge in [-0.2, -0.15) is 0 Å². The SMILES string of the molecule is CNc1ccc2[nH]c(CNC3CCS(=O)(=O)C3)nc2n1. The van der Waals surface area contributed by atoms with Crippen molar-refractivity contribution in [1.82, 2.24) is 20.3 Å². The summed E-state index contributed by atoms with van der Waals surface area (Å²) in [6.45, 7) is 0.519. The standard InChI is InChI=1S/C12H17N5O2S/c1-13-10-3-2-9-12(16-10)17-11(15-9)6-14-8-4-5-20(18,19)7-8/h2-3,8,14H,4-7H2,1H3,(H2,13,15,16,17). The van der Waals surface area contributed by atoms with E-state index in [1.165, 1.54) is 0 Å². The topological polar surface area (TPSA) is 99.8 Å². The van der Waals surface area contributed by atoms with Gasteiger partial charge in [0.05, 0.1) is 23.6 Å². The third kappa shape index (κ3) is 2.75. The minimum atomic E-state index is -2.85. The predicted octanol–water partition coefficient (Wildman–Crippen LogP) is 0.276. The van der Waals surface area contributed by atoms with E-state index in [4.69, 9.17) is 0 Å². The molecule has 3 rings (SSSR count). The van der Waals surface area contributed by atoms with Crippen molar-refractivity contribution in [2.24, 2.45) is 0 Å². The molecule has 108 valence electrons. The summed E-state index contributed by atoms with van der Waals surface area (Å²) in [5.41, 5.74) is 1.53. The monoisotopic (exact) mass is 295 g/mol. The number of aromatic amines is 1. The molecule has 0 spiro atoms. The van der Waals surface area contributed by atoms with Crippen molar-refractivity contribution in [2.45, 2.75) is 19.0 Å². The number of rotatable bonds is 4. The van der Waals surface area contributed by atoms with Gasteiger partial charge in [-0.15, -0.1) is 0 Å². The summed E-state index contributed by atoms with van der Waals surface area (Å²) >= 11 is 0. The number of sulfone groups is 1. The van der Waals surface area contributed by atoms with E-state index in [1.807, 2.05) is 19.2 Å². The molecule has 2 aromatic heterocycles. The highest BCUT2D eigenvalue weighted by Gasteiger charge is 2.27. The minimum Gasteiger partial charge on any atom is -0.373 e. The number of pyridine rings is 1. The molecule has 1 aliphatic rings. The lowest BCUT2D eigenvalue weighted by atomic mass is 10.2. The number of fused-ring (bicyclic) bond motifs is 1. The van der Waals surface area contributed by atoms with Crippen molar-refractivity contribution in [1.29, 1.82) is 0 Å². The van der Waals surface area contributed by atoms with Crippen LogP contribution in [0.25, 0.3) is 11.2 Å². The van der Waals surface area contributed by atoms with Gasteiger partial charge < -0.3 is 15.6 Å². The van der Waals surface area contributed by atoms with E-state index in [0.717, 1.165) is 17.2 Å². The highest BCUT2D eigenvalue weighted by atomic mass is 32.2. The van der Waals surface area contributed by atoms with Gasteiger partial charge in [0.25, 0.3) is 0 Å². The molecule has 2 aromatic rings. The Morgan fingerprint density at radius 3 is 2.95 bits per heavy atom. The molecule has 1 saturated heterocycles. The van der Waals surface area contributed by atoms with Gasteiger partial charge in [-0.1, -0.05) is 0 Å². The van der Waals surface area contributed by atoms with Crippen LogP contribution in [0.2, 0.25) is 0 Å². The van der Waals surface area contributed by atoms with Crippen molar-refractivity contribution in [3.8, 4) is 0 Å². The van der Waals surface area contributed by atoms with E-state index in [-0.39, 0.29) is 17.5 Å². The van der Waals surface area contributed by atoms with Crippen molar-refractivity contribution >= 4 is 26.8 Å². The molecule has 7 nitrogen and oxygen atoms in total. The van der Waals surface area contributed by atoms with Crippen molar-refractivity contribution in [3.05, 3.63) is 18.0 Å². The number of aromatic nitrogens is 3. The zero-order valence-corrected chi connectivity index (χ0v) is 12.0. The fraction of sp³-hybridized carbons (Fsp3) is 0.500. The molecule has 0 saturated carbocycles. The fourth-order valence-electron chi connectivity index (χ4n) is 2.36. The number of imidazole rings is 1. The van der Waals surface area contributed by atoms with Gasteiger partial charge in [-0.3, -0.25) is 0 Å². The minimum absolute atomic E-state index is 0.0223. The molecule has 0 aromatic carbocycles. The second-order valence-corrected chi connectivity index (χ2v) is 7.21. The van der Waals surface area contributed by atoms with Gasteiger partial charge in [-0.25, -0.2) is 18.4 Å². The number of hydrogen-bond acceptors (Lipinski definition) is 6. The first-order valence-corrected chi connectivity index (χ1v) is 8.35. The first-order chi connectivity index (χ1) is 9.55. The maximum atomic E-state index is 11.4. The summed E-state index contributed by atoms with van der Waals surface area (Å²) in [7, 11) is -1.04. The molecule has 20 heavy (non-hydrogen) atoms. The number of H-pyrrole nitrogens is 1. The van der Waals surface area contributed by atoms with Crippen molar-refractivity contribution < 1.29 is 8.42 Å². The van der Waals surface area contributed by atoms with Crippen LogP contribution in [0.4, 0.5) is 5.82 Å². The molecule has 1 fully saturated rings. The summed E-state index contributed by atoms with van der Waals surface area (Å²) < 4.78 is 22.8. The number of nitrogens with zero attached hydrogens (tertiary/aromatic N) is 2. The summed E-state index contributed by atoms with van der Waals surface area (Å²) in [4.78, 5) is 11.9. The van der Waals surface area contributed by atoms with Crippen LogP contribution < -0.4 is 10.6 Å². The highest BCUT2D eigenvalue weighted by Crippen LogP contribution is 2.14. The Labute approximate surface area is 117 Å². The van der Waals surface area contributed by atoms with Crippen LogP contribution >= 0.6 is 0 Å². The van der Waals surface area contributed by atoms with Crippen LogP contribution in [-0.2, 0) is 16.4 Å². The average molecular weight is 295 g/mol. The maximum absolute atomic E-state index is 11.4. The van der Waals surface area contributed by atoms with Crippen molar-refractivity contribution in [3.63, 3.8) is 0 Å². The Hall–Kier alpha value is -1.67. The third-order valence-electron chi connectivity index (χ3n) is 3.44. The third-order valence-corrected chi connectivity index (χ3v) is 5.21. The van der Waals surface area contributed by atoms with Gasteiger partial charge in [0.15, 0.2) is 15.5 Å². The molecule has 0 aliphatic carbocycles. The molecule has 1 unspecified atom stereocenters. The second-order valence-electron chi connectivity index (χ2n) is 4.98. The average Bonchev–Trinajstić information content (AvgIpc) is 2.98. The van der Waals surface area contributed by atoms with E-state index < -0.39 is 9.84 Å². The normalized spacial score (nSPS) is 21.4. The summed E-state index contributed by atoms with van der Waals surface area (Å²) in [6.07, 6.45) is 0.671. The smallest absolute Gasteiger partial charge is 0.179 e. The van der Waals surface area contributed by atoms with Crippen LogP contribution in [0, 0.1) is 0 Å². The van der Waals surface area contributed by atoms with Crippen molar-refractivity contribution in [2.75, 3.05) is 23.9 Å². The Bertz CT molecular complexity index is 725. The zero-order chi connectivity index (χ0) is 14.2. The van der Waals surface area contributed by atoms with Gasteiger partial charge in [-0.05, 0) is 18.6 Å². The number of nitrogens with one attached hydrogen (secondary N) is 3. The molecule has 3 N–H and O–H groups in total. The lowest BCUT2D eigenvalue weighted by molar-refractivity contribution is 0.544. The van der Waals surface area contributed by atoms with E-state index in [1.54, 1.807) is 0 Å². The summed E-state index contributed by atoms with van der Waals surface area (Å²) in [5.74, 6) is 2.03. The molecule has 8 heteroatoms. The van der Waals surface area contributed by atoms with Crippen LogP contribution in [0.1, 0.15) is 12.2 Å². The van der Waals surface area contributed by atoms with Crippen LogP contribution in [0.15, 0.2) is 12.1 Å². The molecule has 0 bridgehead atoms. The lowest BCUT2D eigenvalue weighted by Crippen LogP contribution is -2.29. The first kappa shape index (κ1) is 13.3. The number of anilines is 1. The predicted molar refractivity (Wildman–Crippen MR) is 77.3 cm³/mol. The zero-order valence-electron chi connectivity index (χ0n) is 11.2. The van der Waals surface area contributed by atoms with Crippen LogP contribution in [-0.4, -0.2) is 48.0 Å². The van der Waals surface area contributed by atoms with Gasteiger partial charge in [0.2, 0.25) is 0 Å². The Morgan fingerprint density at radius 1 is 1.40 bits per heavy atom. The van der Waals surface area contributed by atoms with Gasteiger partial charge >= 0.3 is 0 Å². The van der Waals surface area contributed by atoms with Crippen LogP contribution in [0.5, 0.6) is 0 Å². The first-order valence-electron chi connectivity index (χ1n) is 6.53. The summed E-state index contributed by atoms with van der Waals surface area (Å²) in [6, 6.07) is 3.82. The Balaban J connectivity index is 1.69. The van der Waals surface area contributed by atoms with E-state index in [9.17, 15) is 8.42 Å². The molecule has 1 atom stereocenters. The van der Waals surface area contributed by atoms with E-state index in [2.05, 4.69) is 25.6 Å². The molecule has 0 amide bonds. The summed E-state index contributed by atoms with van der Waals surface area (Å²) in [5, 5.41) is 6.19. The molecular formula is C12H17N5O2S. The van der Waals surface area contributed by atoms with E-state index in [0.29, 0.717) is 18.6 Å².